The molecule has 0 saturated carbocycles. The predicted octanol–water partition coefficient (Wildman–Crippen LogP) is 3.15. The van der Waals surface area contributed by atoms with Crippen molar-refractivity contribution >= 4 is 5.97 Å². The maximum atomic E-state index is 12.0. The first kappa shape index (κ1) is 19.4. The number of ether oxygens (including phenoxy) is 2. The molecule has 0 aromatic rings. The van der Waals surface area contributed by atoms with Gasteiger partial charge in [-0.05, 0) is 52.0 Å². The number of carbonyl (C=O) groups excluding carboxylic acids is 1. The predicted molar refractivity (Wildman–Crippen MR) is 82.8 cm³/mol. The van der Waals surface area contributed by atoms with Gasteiger partial charge in [0, 0.05) is 13.2 Å². The quantitative estimate of drug-likeness (QED) is 0.442. The maximum absolute atomic E-state index is 12.0. The van der Waals surface area contributed by atoms with Crippen LogP contribution >= 0.6 is 0 Å². The zero-order chi connectivity index (χ0) is 15.4. The fourth-order valence-corrected chi connectivity index (χ4v) is 1.93. The summed E-state index contributed by atoms with van der Waals surface area (Å²) in [6, 6.07) is 0. The number of rotatable bonds is 12. The van der Waals surface area contributed by atoms with Crippen LogP contribution in [0.2, 0.25) is 0 Å². The lowest BCUT2D eigenvalue weighted by Crippen LogP contribution is -2.51. The number of hydrogen-bond donors (Lipinski definition) is 1. The van der Waals surface area contributed by atoms with Crippen molar-refractivity contribution in [1.29, 1.82) is 0 Å². The van der Waals surface area contributed by atoms with E-state index < -0.39 is 5.54 Å². The van der Waals surface area contributed by atoms with Gasteiger partial charge >= 0.3 is 5.97 Å². The summed E-state index contributed by atoms with van der Waals surface area (Å²) in [5.74, 6) is 0.536. The van der Waals surface area contributed by atoms with E-state index in [0.29, 0.717) is 19.6 Å². The highest BCUT2D eigenvalue weighted by atomic mass is 16.5. The summed E-state index contributed by atoms with van der Waals surface area (Å²) in [7, 11) is 0. The van der Waals surface area contributed by atoms with Crippen molar-refractivity contribution in [2.45, 2.75) is 65.8 Å². The van der Waals surface area contributed by atoms with Crippen molar-refractivity contribution in [2.24, 2.45) is 5.92 Å². The minimum Gasteiger partial charge on any atom is -0.465 e. The van der Waals surface area contributed by atoms with Crippen molar-refractivity contribution in [1.82, 2.24) is 5.32 Å². The first-order chi connectivity index (χ1) is 9.46. The topological polar surface area (TPSA) is 47.6 Å². The smallest absolute Gasteiger partial charge is 0.326 e. The van der Waals surface area contributed by atoms with Crippen molar-refractivity contribution in [3.63, 3.8) is 0 Å². The Bertz CT molecular complexity index is 256. The van der Waals surface area contributed by atoms with Crippen LogP contribution in [0, 0.1) is 5.92 Å². The molecule has 4 heteroatoms. The van der Waals surface area contributed by atoms with Gasteiger partial charge in [0.05, 0.1) is 6.61 Å². The molecule has 0 aliphatic rings. The van der Waals surface area contributed by atoms with Crippen LogP contribution in [0.4, 0.5) is 0 Å². The molecule has 0 amide bonds. The normalized spacial score (nSPS) is 14.3. The standard InChI is InChI=1S/C16H33NO3/c1-6-11-17-16(5,15(18)20-7-2)10-13-19-12-8-9-14(3)4/h14,17H,6-13H2,1-5H3. The molecule has 0 rings (SSSR count). The summed E-state index contributed by atoms with van der Waals surface area (Å²) in [6.45, 7) is 12.8. The van der Waals surface area contributed by atoms with Crippen molar-refractivity contribution < 1.29 is 14.3 Å². The van der Waals surface area contributed by atoms with Crippen LogP contribution in [0.25, 0.3) is 0 Å². The minimum atomic E-state index is -0.635. The average Bonchev–Trinajstić information content (AvgIpc) is 2.40. The molecule has 0 aromatic carbocycles. The van der Waals surface area contributed by atoms with E-state index in [9.17, 15) is 4.79 Å². The minimum absolute atomic E-state index is 0.181. The highest BCUT2D eigenvalue weighted by molar-refractivity contribution is 5.80. The zero-order valence-electron chi connectivity index (χ0n) is 14.0. The van der Waals surface area contributed by atoms with Crippen LogP contribution in [-0.2, 0) is 14.3 Å². The van der Waals surface area contributed by atoms with Gasteiger partial charge in [-0.25, -0.2) is 0 Å². The Kier molecular flexibility index (Phi) is 10.8. The maximum Gasteiger partial charge on any atom is 0.326 e. The van der Waals surface area contributed by atoms with E-state index in [2.05, 4.69) is 26.1 Å². The summed E-state index contributed by atoms with van der Waals surface area (Å²) in [6.07, 6.45) is 3.90. The molecule has 0 aliphatic carbocycles. The number of nitrogens with one attached hydrogen (secondary N) is 1. The molecule has 1 atom stereocenters. The Labute approximate surface area is 124 Å². The van der Waals surface area contributed by atoms with E-state index in [1.54, 1.807) is 0 Å². The Balaban J connectivity index is 4.06. The Morgan fingerprint density at radius 2 is 1.95 bits per heavy atom. The zero-order valence-corrected chi connectivity index (χ0v) is 14.0. The molecular weight excluding hydrogens is 254 g/mol. The molecule has 0 aliphatic heterocycles. The van der Waals surface area contributed by atoms with Gasteiger partial charge in [-0.1, -0.05) is 20.8 Å². The third kappa shape index (κ3) is 8.54. The van der Waals surface area contributed by atoms with Crippen LogP contribution in [0.3, 0.4) is 0 Å². The Morgan fingerprint density at radius 1 is 1.25 bits per heavy atom. The first-order valence-corrected chi connectivity index (χ1v) is 7.96. The van der Waals surface area contributed by atoms with Gasteiger partial charge in [-0.3, -0.25) is 4.79 Å². The number of hydrogen-bond acceptors (Lipinski definition) is 4. The van der Waals surface area contributed by atoms with Crippen LogP contribution in [0.1, 0.15) is 60.3 Å². The lowest BCUT2D eigenvalue weighted by molar-refractivity contribution is -0.151. The monoisotopic (exact) mass is 287 g/mol. The summed E-state index contributed by atoms with van der Waals surface area (Å²) in [5.41, 5.74) is -0.635. The molecule has 0 spiro atoms. The van der Waals surface area contributed by atoms with Crippen LogP contribution in [0.5, 0.6) is 0 Å². The lowest BCUT2D eigenvalue weighted by atomic mass is 9.98. The number of carbonyl (C=O) groups is 1. The Hall–Kier alpha value is -0.610. The molecule has 120 valence electrons. The van der Waals surface area contributed by atoms with Crippen LogP contribution in [-0.4, -0.2) is 37.9 Å². The van der Waals surface area contributed by atoms with Crippen molar-refractivity contribution in [3.8, 4) is 0 Å². The molecule has 0 saturated heterocycles. The summed E-state index contributed by atoms with van der Waals surface area (Å²) >= 11 is 0. The van der Waals surface area contributed by atoms with E-state index in [0.717, 1.165) is 31.9 Å². The van der Waals surface area contributed by atoms with Gasteiger partial charge in [-0.2, -0.15) is 0 Å². The van der Waals surface area contributed by atoms with Crippen LogP contribution in [0.15, 0.2) is 0 Å². The molecule has 0 bridgehead atoms. The second-order valence-electron chi connectivity index (χ2n) is 5.88. The molecule has 0 radical (unpaired) electrons. The van der Waals surface area contributed by atoms with Gasteiger partial charge < -0.3 is 14.8 Å². The number of esters is 1. The second-order valence-corrected chi connectivity index (χ2v) is 5.88. The molecular formula is C16H33NO3. The van der Waals surface area contributed by atoms with Crippen molar-refractivity contribution in [2.75, 3.05) is 26.4 Å². The molecule has 0 heterocycles. The highest BCUT2D eigenvalue weighted by Gasteiger charge is 2.33. The van der Waals surface area contributed by atoms with Gasteiger partial charge in [0.2, 0.25) is 0 Å². The lowest BCUT2D eigenvalue weighted by Gasteiger charge is -2.28. The van der Waals surface area contributed by atoms with Gasteiger partial charge in [-0.15, -0.1) is 0 Å². The third-order valence-corrected chi connectivity index (χ3v) is 3.31. The van der Waals surface area contributed by atoms with E-state index in [-0.39, 0.29) is 5.97 Å². The molecule has 1 N–H and O–H groups in total. The van der Waals surface area contributed by atoms with Crippen molar-refractivity contribution in [3.05, 3.63) is 0 Å². The molecule has 1 unspecified atom stereocenters. The average molecular weight is 287 g/mol. The molecule has 20 heavy (non-hydrogen) atoms. The highest BCUT2D eigenvalue weighted by Crippen LogP contribution is 2.13. The van der Waals surface area contributed by atoms with E-state index in [4.69, 9.17) is 9.47 Å². The van der Waals surface area contributed by atoms with Gasteiger partial charge in [0.1, 0.15) is 5.54 Å². The summed E-state index contributed by atoms with van der Waals surface area (Å²) < 4.78 is 10.8. The first-order valence-electron chi connectivity index (χ1n) is 7.96. The molecule has 4 nitrogen and oxygen atoms in total. The Morgan fingerprint density at radius 3 is 2.50 bits per heavy atom. The van der Waals surface area contributed by atoms with E-state index in [1.165, 1.54) is 6.42 Å². The summed E-state index contributed by atoms with van der Waals surface area (Å²) in [4.78, 5) is 12.0. The third-order valence-electron chi connectivity index (χ3n) is 3.31. The van der Waals surface area contributed by atoms with E-state index >= 15 is 0 Å². The fraction of sp³-hybridized carbons (Fsp3) is 0.938. The fourth-order valence-electron chi connectivity index (χ4n) is 1.93. The van der Waals surface area contributed by atoms with Gasteiger partial charge in [0.25, 0.3) is 0 Å². The molecule has 0 fully saturated rings. The second kappa shape index (κ2) is 11.1. The molecule has 0 aromatic heterocycles. The van der Waals surface area contributed by atoms with Crippen LogP contribution < -0.4 is 5.32 Å². The summed E-state index contributed by atoms with van der Waals surface area (Å²) in [5, 5.41) is 3.28. The van der Waals surface area contributed by atoms with E-state index in [1.807, 2.05) is 13.8 Å². The SMILES string of the molecule is CCCNC(C)(CCOCCCC(C)C)C(=O)OCC. The van der Waals surface area contributed by atoms with Gasteiger partial charge in [0.15, 0.2) is 0 Å². The largest absolute Gasteiger partial charge is 0.465 e.